The summed E-state index contributed by atoms with van der Waals surface area (Å²) in [5.41, 5.74) is 7.20. The van der Waals surface area contributed by atoms with Crippen LogP contribution >= 0.6 is 0 Å². The zero-order valence-electron chi connectivity index (χ0n) is 11.4. The van der Waals surface area contributed by atoms with E-state index in [-0.39, 0.29) is 6.04 Å². The van der Waals surface area contributed by atoms with Crippen LogP contribution in [0.15, 0.2) is 34.9 Å². The fourth-order valence-corrected chi connectivity index (χ4v) is 1.80. The van der Waals surface area contributed by atoms with Crippen LogP contribution in [0, 0.1) is 0 Å². The zero-order chi connectivity index (χ0) is 13.7. The maximum Gasteiger partial charge on any atom is 0.228 e. The Balaban J connectivity index is 1.93. The first-order valence-corrected chi connectivity index (χ1v) is 6.42. The summed E-state index contributed by atoms with van der Waals surface area (Å²) in [6.45, 7) is 0.906. The lowest BCUT2D eigenvalue weighted by atomic mass is 10.1. The van der Waals surface area contributed by atoms with E-state index in [4.69, 9.17) is 10.3 Å². The van der Waals surface area contributed by atoms with Crippen molar-refractivity contribution >= 4 is 0 Å². The molecule has 1 atom stereocenters. The molecule has 0 bridgehead atoms. The van der Waals surface area contributed by atoms with Crippen molar-refractivity contribution in [1.29, 1.82) is 0 Å². The first-order valence-electron chi connectivity index (χ1n) is 6.42. The highest BCUT2D eigenvalue weighted by atomic mass is 16.5. The maximum atomic E-state index is 6.12. The molecule has 102 valence electrons. The van der Waals surface area contributed by atoms with Crippen LogP contribution in [0.3, 0.4) is 0 Å². The highest BCUT2D eigenvalue weighted by molar-refractivity contribution is 5.19. The summed E-state index contributed by atoms with van der Waals surface area (Å²) in [7, 11) is 4.04. The van der Waals surface area contributed by atoms with Gasteiger partial charge in [0, 0.05) is 25.4 Å². The van der Waals surface area contributed by atoms with Gasteiger partial charge in [-0.15, -0.1) is 0 Å². The second-order valence-electron chi connectivity index (χ2n) is 4.88. The monoisotopic (exact) mass is 260 g/mol. The van der Waals surface area contributed by atoms with E-state index in [2.05, 4.69) is 15.0 Å². The highest BCUT2D eigenvalue weighted by Gasteiger charge is 2.12. The molecule has 19 heavy (non-hydrogen) atoms. The minimum atomic E-state index is -0.108. The van der Waals surface area contributed by atoms with E-state index in [1.54, 1.807) is 0 Å². The Kier molecular flexibility index (Phi) is 4.65. The molecule has 0 fully saturated rings. The molecule has 0 saturated carbocycles. The standard InChI is InChI=1S/C14H20N4O/c1-18(2)9-8-13-16-14(19-17-13)10-12(15)11-6-4-3-5-7-11/h3-7,12H,8-10,15H2,1-2H3. The van der Waals surface area contributed by atoms with Crippen LogP contribution in [0.25, 0.3) is 0 Å². The van der Waals surface area contributed by atoms with Gasteiger partial charge in [0.25, 0.3) is 0 Å². The fourth-order valence-electron chi connectivity index (χ4n) is 1.80. The van der Waals surface area contributed by atoms with Crippen LogP contribution in [0.1, 0.15) is 23.3 Å². The normalized spacial score (nSPS) is 12.8. The summed E-state index contributed by atoms with van der Waals surface area (Å²) in [4.78, 5) is 6.45. The number of benzene rings is 1. The van der Waals surface area contributed by atoms with Gasteiger partial charge in [-0.05, 0) is 19.7 Å². The Morgan fingerprint density at radius 2 is 2.00 bits per heavy atom. The van der Waals surface area contributed by atoms with E-state index in [0.29, 0.717) is 12.3 Å². The van der Waals surface area contributed by atoms with Gasteiger partial charge in [-0.25, -0.2) is 0 Å². The summed E-state index contributed by atoms with van der Waals surface area (Å²) in [5, 5.41) is 3.97. The van der Waals surface area contributed by atoms with E-state index >= 15 is 0 Å². The fraction of sp³-hybridized carbons (Fsp3) is 0.429. The van der Waals surface area contributed by atoms with Crippen molar-refractivity contribution in [2.24, 2.45) is 5.73 Å². The van der Waals surface area contributed by atoms with Crippen molar-refractivity contribution in [3.8, 4) is 0 Å². The zero-order valence-corrected chi connectivity index (χ0v) is 11.4. The largest absolute Gasteiger partial charge is 0.339 e. The third kappa shape index (κ3) is 4.15. The molecule has 0 radical (unpaired) electrons. The molecule has 2 rings (SSSR count). The summed E-state index contributed by atoms with van der Waals surface area (Å²) in [6.07, 6.45) is 1.36. The van der Waals surface area contributed by atoms with Crippen LogP contribution < -0.4 is 5.73 Å². The van der Waals surface area contributed by atoms with E-state index in [9.17, 15) is 0 Å². The lowest BCUT2D eigenvalue weighted by molar-refractivity contribution is 0.359. The maximum absolute atomic E-state index is 6.12. The Labute approximate surface area is 113 Å². The molecule has 0 aliphatic heterocycles. The van der Waals surface area contributed by atoms with Crippen LogP contribution in [-0.2, 0) is 12.8 Å². The summed E-state index contributed by atoms with van der Waals surface area (Å²) < 4.78 is 5.23. The average molecular weight is 260 g/mol. The first-order chi connectivity index (χ1) is 9.15. The molecule has 0 saturated heterocycles. The minimum absolute atomic E-state index is 0.108. The Hall–Kier alpha value is -1.72. The molecule has 0 aliphatic carbocycles. The number of rotatable bonds is 6. The van der Waals surface area contributed by atoms with Crippen molar-refractivity contribution in [3.63, 3.8) is 0 Å². The van der Waals surface area contributed by atoms with Crippen molar-refractivity contribution in [2.45, 2.75) is 18.9 Å². The number of aromatic nitrogens is 2. The molecule has 1 heterocycles. The van der Waals surface area contributed by atoms with Gasteiger partial charge in [-0.3, -0.25) is 0 Å². The van der Waals surface area contributed by atoms with Crippen molar-refractivity contribution in [2.75, 3.05) is 20.6 Å². The second kappa shape index (κ2) is 6.45. The molecule has 1 unspecified atom stereocenters. The van der Waals surface area contributed by atoms with Gasteiger partial charge in [0.1, 0.15) is 0 Å². The molecule has 1 aromatic heterocycles. The van der Waals surface area contributed by atoms with Gasteiger partial charge in [0.05, 0.1) is 0 Å². The van der Waals surface area contributed by atoms with Crippen LogP contribution in [0.4, 0.5) is 0 Å². The van der Waals surface area contributed by atoms with Crippen LogP contribution in [0.2, 0.25) is 0 Å². The lowest BCUT2D eigenvalue weighted by Crippen LogP contribution is -2.16. The van der Waals surface area contributed by atoms with Crippen LogP contribution in [0.5, 0.6) is 0 Å². The number of hydrogen-bond donors (Lipinski definition) is 1. The van der Waals surface area contributed by atoms with E-state index < -0.39 is 0 Å². The van der Waals surface area contributed by atoms with E-state index in [1.165, 1.54) is 0 Å². The van der Waals surface area contributed by atoms with Crippen molar-refractivity contribution < 1.29 is 4.52 Å². The predicted molar refractivity (Wildman–Crippen MR) is 73.6 cm³/mol. The highest BCUT2D eigenvalue weighted by Crippen LogP contribution is 2.14. The molecule has 2 aromatic rings. The van der Waals surface area contributed by atoms with Gasteiger partial charge >= 0.3 is 0 Å². The van der Waals surface area contributed by atoms with Gasteiger partial charge in [0.15, 0.2) is 5.82 Å². The predicted octanol–water partition coefficient (Wildman–Crippen LogP) is 1.42. The molecule has 0 spiro atoms. The molecule has 5 nitrogen and oxygen atoms in total. The molecule has 0 amide bonds. The van der Waals surface area contributed by atoms with E-state index in [0.717, 1.165) is 24.4 Å². The van der Waals surface area contributed by atoms with Crippen molar-refractivity contribution in [1.82, 2.24) is 15.0 Å². The minimum Gasteiger partial charge on any atom is -0.339 e. The summed E-state index contributed by atoms with van der Waals surface area (Å²) in [5.74, 6) is 1.34. The topological polar surface area (TPSA) is 68.2 Å². The van der Waals surface area contributed by atoms with Crippen molar-refractivity contribution in [3.05, 3.63) is 47.6 Å². The van der Waals surface area contributed by atoms with Gasteiger partial charge in [0.2, 0.25) is 5.89 Å². The molecular weight excluding hydrogens is 240 g/mol. The lowest BCUT2D eigenvalue weighted by Gasteiger charge is -2.08. The van der Waals surface area contributed by atoms with Gasteiger partial charge in [-0.2, -0.15) is 4.98 Å². The second-order valence-corrected chi connectivity index (χ2v) is 4.88. The van der Waals surface area contributed by atoms with Gasteiger partial charge < -0.3 is 15.2 Å². The molecule has 0 aliphatic rings. The summed E-state index contributed by atoms with van der Waals surface area (Å²) >= 11 is 0. The van der Waals surface area contributed by atoms with Gasteiger partial charge in [-0.1, -0.05) is 35.5 Å². The third-order valence-corrected chi connectivity index (χ3v) is 2.92. The molecular formula is C14H20N4O. The number of nitrogens with two attached hydrogens (primary N) is 1. The average Bonchev–Trinajstić information content (AvgIpc) is 2.85. The van der Waals surface area contributed by atoms with Crippen LogP contribution in [-0.4, -0.2) is 35.7 Å². The quantitative estimate of drug-likeness (QED) is 0.850. The number of nitrogens with zero attached hydrogens (tertiary/aromatic N) is 3. The Morgan fingerprint density at radius 3 is 2.68 bits per heavy atom. The SMILES string of the molecule is CN(C)CCc1noc(CC(N)c2ccccc2)n1. The molecule has 2 N–H and O–H groups in total. The first kappa shape index (κ1) is 13.7. The number of hydrogen-bond acceptors (Lipinski definition) is 5. The Morgan fingerprint density at radius 1 is 1.26 bits per heavy atom. The summed E-state index contributed by atoms with van der Waals surface area (Å²) in [6, 6.07) is 9.84. The Bertz CT molecular complexity index is 495. The van der Waals surface area contributed by atoms with E-state index in [1.807, 2.05) is 44.4 Å². The number of likely N-dealkylation sites (N-methyl/N-ethyl adjacent to an activating group) is 1. The smallest absolute Gasteiger partial charge is 0.228 e. The molecule has 5 heteroatoms. The molecule has 1 aromatic carbocycles. The third-order valence-electron chi connectivity index (χ3n) is 2.92.